The van der Waals surface area contributed by atoms with Crippen molar-refractivity contribution in [2.45, 2.75) is 31.7 Å². The second-order valence-electron chi connectivity index (χ2n) is 3.95. The van der Waals surface area contributed by atoms with Gasteiger partial charge in [0, 0.05) is 11.8 Å². The average Bonchev–Trinajstić information content (AvgIpc) is 2.34. The summed E-state index contributed by atoms with van der Waals surface area (Å²) in [6.07, 6.45) is 4.50. The van der Waals surface area contributed by atoms with E-state index in [4.69, 9.17) is 10.5 Å². The van der Waals surface area contributed by atoms with Gasteiger partial charge in [0.05, 0.1) is 6.61 Å². The summed E-state index contributed by atoms with van der Waals surface area (Å²) in [5, 5.41) is 0. The first-order valence-electron chi connectivity index (χ1n) is 5.87. The van der Waals surface area contributed by atoms with Gasteiger partial charge >= 0.3 is 0 Å². The number of nitrogens with two attached hydrogens (primary N) is 1. The maximum absolute atomic E-state index is 5.77. The third kappa shape index (κ3) is 6.03. The molecule has 90 valence electrons. The van der Waals surface area contributed by atoms with Crippen molar-refractivity contribution in [1.29, 1.82) is 0 Å². The number of ether oxygens (including phenoxy) is 1. The second-order valence-corrected chi connectivity index (χ2v) is 4.32. The van der Waals surface area contributed by atoms with Gasteiger partial charge in [0.2, 0.25) is 0 Å². The Bertz CT molecular complexity index is 266. The lowest BCUT2D eigenvalue weighted by atomic mass is 10.1. The molecular formula is C13H21NOS. The Kier molecular flexibility index (Phi) is 7.10. The molecule has 0 bridgehead atoms. The average molecular weight is 239 g/mol. The number of thiol groups is 1. The Morgan fingerprint density at radius 1 is 1.12 bits per heavy atom. The van der Waals surface area contributed by atoms with Crippen LogP contribution in [0.3, 0.4) is 0 Å². The maximum Gasteiger partial charge on any atom is 0.119 e. The van der Waals surface area contributed by atoms with Crippen molar-refractivity contribution in [1.82, 2.24) is 0 Å². The van der Waals surface area contributed by atoms with Crippen molar-refractivity contribution in [3.63, 3.8) is 0 Å². The smallest absolute Gasteiger partial charge is 0.119 e. The molecule has 1 aromatic rings. The van der Waals surface area contributed by atoms with Crippen LogP contribution in [0, 0.1) is 0 Å². The lowest BCUT2D eigenvalue weighted by Crippen LogP contribution is -2.21. The van der Waals surface area contributed by atoms with Gasteiger partial charge in [-0.15, -0.1) is 0 Å². The van der Waals surface area contributed by atoms with E-state index in [0.717, 1.165) is 31.0 Å². The Morgan fingerprint density at radius 2 is 1.88 bits per heavy atom. The van der Waals surface area contributed by atoms with E-state index in [1.807, 2.05) is 30.3 Å². The zero-order valence-electron chi connectivity index (χ0n) is 9.64. The molecule has 0 fully saturated rings. The normalized spacial score (nSPS) is 12.4. The standard InChI is InChI=1S/C13H21NOS/c14-12(11-16)7-3-2-6-10-15-13-8-4-1-5-9-13/h1,4-5,8-9,12,16H,2-3,6-7,10-11,14H2. The van der Waals surface area contributed by atoms with Crippen LogP contribution < -0.4 is 10.5 Å². The first kappa shape index (κ1) is 13.4. The molecule has 0 aliphatic carbocycles. The Balaban J connectivity index is 1.96. The highest BCUT2D eigenvalue weighted by molar-refractivity contribution is 7.80. The summed E-state index contributed by atoms with van der Waals surface area (Å²) in [7, 11) is 0. The Labute approximate surface area is 104 Å². The summed E-state index contributed by atoms with van der Waals surface area (Å²) in [6.45, 7) is 0.792. The van der Waals surface area contributed by atoms with Crippen LogP contribution in [-0.2, 0) is 0 Å². The largest absolute Gasteiger partial charge is 0.494 e. The van der Waals surface area contributed by atoms with Crippen LogP contribution in [0.5, 0.6) is 5.75 Å². The van der Waals surface area contributed by atoms with Crippen molar-refractivity contribution in [2.75, 3.05) is 12.4 Å². The molecule has 0 aliphatic rings. The van der Waals surface area contributed by atoms with Gasteiger partial charge in [0.25, 0.3) is 0 Å². The SMILES string of the molecule is NC(CS)CCCCCOc1ccccc1. The van der Waals surface area contributed by atoms with Crippen LogP contribution in [0.15, 0.2) is 30.3 Å². The third-order valence-electron chi connectivity index (χ3n) is 2.47. The second kappa shape index (κ2) is 8.48. The molecule has 2 N–H and O–H groups in total. The van der Waals surface area contributed by atoms with E-state index in [-0.39, 0.29) is 6.04 Å². The highest BCUT2D eigenvalue weighted by atomic mass is 32.1. The fraction of sp³-hybridized carbons (Fsp3) is 0.538. The molecule has 3 heteroatoms. The minimum atomic E-state index is 0.248. The molecule has 2 nitrogen and oxygen atoms in total. The van der Waals surface area contributed by atoms with Gasteiger partial charge < -0.3 is 10.5 Å². The van der Waals surface area contributed by atoms with Crippen LogP contribution in [-0.4, -0.2) is 18.4 Å². The molecular weight excluding hydrogens is 218 g/mol. The number of unbranched alkanes of at least 4 members (excludes halogenated alkanes) is 2. The Hall–Kier alpha value is -0.670. The molecule has 0 aromatic heterocycles. The van der Waals surface area contributed by atoms with E-state index in [2.05, 4.69) is 12.6 Å². The van der Waals surface area contributed by atoms with E-state index in [1.54, 1.807) is 0 Å². The predicted molar refractivity (Wildman–Crippen MR) is 72.2 cm³/mol. The van der Waals surface area contributed by atoms with Gasteiger partial charge in [-0.1, -0.05) is 31.0 Å². The molecule has 0 saturated heterocycles. The van der Waals surface area contributed by atoms with Crippen molar-refractivity contribution in [3.05, 3.63) is 30.3 Å². The van der Waals surface area contributed by atoms with E-state index in [0.29, 0.717) is 0 Å². The quantitative estimate of drug-likeness (QED) is 0.540. The lowest BCUT2D eigenvalue weighted by molar-refractivity contribution is 0.304. The first-order chi connectivity index (χ1) is 7.83. The topological polar surface area (TPSA) is 35.2 Å². The summed E-state index contributed by atoms with van der Waals surface area (Å²) < 4.78 is 5.59. The van der Waals surface area contributed by atoms with E-state index < -0.39 is 0 Å². The molecule has 16 heavy (non-hydrogen) atoms. The molecule has 0 saturated carbocycles. The Morgan fingerprint density at radius 3 is 2.56 bits per heavy atom. The van der Waals surface area contributed by atoms with Gasteiger partial charge in [0.1, 0.15) is 5.75 Å². The van der Waals surface area contributed by atoms with E-state index in [9.17, 15) is 0 Å². The summed E-state index contributed by atoms with van der Waals surface area (Å²) in [5.41, 5.74) is 5.77. The van der Waals surface area contributed by atoms with Gasteiger partial charge in [0.15, 0.2) is 0 Å². The van der Waals surface area contributed by atoms with E-state index >= 15 is 0 Å². The number of benzene rings is 1. The van der Waals surface area contributed by atoms with Crippen LogP contribution in [0.1, 0.15) is 25.7 Å². The van der Waals surface area contributed by atoms with Gasteiger partial charge in [-0.2, -0.15) is 12.6 Å². The van der Waals surface area contributed by atoms with Gasteiger partial charge in [-0.25, -0.2) is 0 Å². The predicted octanol–water partition coefficient (Wildman–Crippen LogP) is 2.88. The fourth-order valence-corrected chi connectivity index (χ4v) is 1.67. The maximum atomic E-state index is 5.77. The zero-order valence-corrected chi connectivity index (χ0v) is 10.5. The molecule has 0 spiro atoms. The van der Waals surface area contributed by atoms with Crippen molar-refractivity contribution < 1.29 is 4.74 Å². The molecule has 1 aromatic carbocycles. The van der Waals surface area contributed by atoms with Crippen LogP contribution in [0.25, 0.3) is 0 Å². The summed E-state index contributed by atoms with van der Waals surface area (Å²) in [5.74, 6) is 1.73. The summed E-state index contributed by atoms with van der Waals surface area (Å²) in [6, 6.07) is 10.2. The van der Waals surface area contributed by atoms with Crippen molar-refractivity contribution in [3.8, 4) is 5.75 Å². The summed E-state index contributed by atoms with van der Waals surface area (Å²) >= 11 is 4.16. The fourth-order valence-electron chi connectivity index (χ4n) is 1.48. The number of rotatable bonds is 8. The molecule has 0 aliphatic heterocycles. The van der Waals surface area contributed by atoms with Gasteiger partial charge in [-0.3, -0.25) is 0 Å². The van der Waals surface area contributed by atoms with Crippen molar-refractivity contribution >= 4 is 12.6 Å². The van der Waals surface area contributed by atoms with Crippen LogP contribution >= 0.6 is 12.6 Å². The van der Waals surface area contributed by atoms with E-state index in [1.165, 1.54) is 12.8 Å². The number of hydrogen-bond acceptors (Lipinski definition) is 3. The number of hydrogen-bond donors (Lipinski definition) is 2. The monoisotopic (exact) mass is 239 g/mol. The zero-order chi connectivity index (χ0) is 11.6. The molecule has 1 rings (SSSR count). The molecule has 0 radical (unpaired) electrons. The highest BCUT2D eigenvalue weighted by Crippen LogP contribution is 2.10. The third-order valence-corrected chi connectivity index (χ3v) is 2.93. The number of para-hydroxylation sites is 1. The molecule has 0 heterocycles. The molecule has 1 atom stereocenters. The molecule has 0 amide bonds. The van der Waals surface area contributed by atoms with Crippen LogP contribution in [0.4, 0.5) is 0 Å². The summed E-state index contributed by atoms with van der Waals surface area (Å²) in [4.78, 5) is 0. The van der Waals surface area contributed by atoms with Crippen LogP contribution in [0.2, 0.25) is 0 Å². The lowest BCUT2D eigenvalue weighted by Gasteiger charge is -2.08. The highest BCUT2D eigenvalue weighted by Gasteiger charge is 1.98. The van der Waals surface area contributed by atoms with Gasteiger partial charge in [-0.05, 0) is 25.0 Å². The molecule has 1 unspecified atom stereocenters. The minimum Gasteiger partial charge on any atom is -0.494 e. The first-order valence-corrected chi connectivity index (χ1v) is 6.50. The minimum absolute atomic E-state index is 0.248. The van der Waals surface area contributed by atoms with Crippen molar-refractivity contribution in [2.24, 2.45) is 5.73 Å².